The van der Waals surface area contributed by atoms with Crippen LogP contribution in [0.3, 0.4) is 0 Å². The second kappa shape index (κ2) is 14.3. The van der Waals surface area contributed by atoms with Crippen LogP contribution in [-0.4, -0.2) is 47.9 Å². The fourth-order valence-electron chi connectivity index (χ4n) is 7.08. The number of carbonyl (C=O) groups is 2. The van der Waals surface area contributed by atoms with Crippen molar-refractivity contribution < 1.29 is 14.0 Å². The predicted octanol–water partition coefficient (Wildman–Crippen LogP) is 7.41. The first-order valence-corrected chi connectivity index (χ1v) is 17.0. The van der Waals surface area contributed by atoms with E-state index in [0.717, 1.165) is 50.9 Å². The number of fused-ring (bicyclic) bond motifs is 1. The molecule has 242 valence electrons. The number of rotatable bonds is 9. The quantitative estimate of drug-likeness (QED) is 0.251. The zero-order chi connectivity index (χ0) is 32.2. The van der Waals surface area contributed by atoms with Gasteiger partial charge in [0.2, 0.25) is 5.91 Å². The molecule has 2 aromatic carbocycles. The van der Waals surface area contributed by atoms with Gasteiger partial charge in [0.15, 0.2) is 11.2 Å². The number of nitrogens with one attached hydrogen (secondary N) is 2. The van der Waals surface area contributed by atoms with Crippen LogP contribution in [-0.2, 0) is 11.2 Å². The van der Waals surface area contributed by atoms with E-state index < -0.39 is 5.91 Å². The van der Waals surface area contributed by atoms with Crippen molar-refractivity contribution in [3.63, 3.8) is 0 Å². The molecule has 2 amide bonds. The fourth-order valence-corrected chi connectivity index (χ4v) is 7.38. The van der Waals surface area contributed by atoms with Crippen molar-refractivity contribution in [2.24, 2.45) is 11.3 Å². The van der Waals surface area contributed by atoms with Gasteiger partial charge in [-0.25, -0.2) is 0 Å². The lowest BCUT2D eigenvalue weighted by atomic mass is 9.63. The average Bonchev–Trinajstić information content (AvgIpc) is 3.01. The molecule has 7 nitrogen and oxygen atoms in total. The molecule has 0 unspecified atom stereocenters. The number of hydrogen-bond acceptors (Lipinski definition) is 5. The molecule has 1 saturated carbocycles. The average molecular weight is 655 g/mol. The van der Waals surface area contributed by atoms with Crippen LogP contribution in [0, 0.1) is 11.3 Å². The van der Waals surface area contributed by atoms with Gasteiger partial charge < -0.3 is 20.0 Å². The number of amides is 2. The normalized spacial score (nSPS) is 18.4. The van der Waals surface area contributed by atoms with E-state index in [-0.39, 0.29) is 34.1 Å². The van der Waals surface area contributed by atoms with Crippen molar-refractivity contribution >= 4 is 46.0 Å². The van der Waals surface area contributed by atoms with E-state index in [0.29, 0.717) is 39.8 Å². The molecule has 45 heavy (non-hydrogen) atoms. The largest absolute Gasteiger partial charge is 0.451 e. The first-order valence-electron chi connectivity index (χ1n) is 16.3. The maximum Gasteiger partial charge on any atom is 0.287 e. The molecule has 1 aliphatic carbocycles. The summed E-state index contributed by atoms with van der Waals surface area (Å²) in [4.78, 5) is 42.4. The summed E-state index contributed by atoms with van der Waals surface area (Å²) < 4.78 is 5.82. The molecule has 0 spiro atoms. The van der Waals surface area contributed by atoms with Crippen LogP contribution in [0.1, 0.15) is 88.3 Å². The Labute approximate surface area is 276 Å². The van der Waals surface area contributed by atoms with Crippen molar-refractivity contribution in [2.75, 3.05) is 19.6 Å². The van der Waals surface area contributed by atoms with Gasteiger partial charge in [-0.3, -0.25) is 14.4 Å². The summed E-state index contributed by atoms with van der Waals surface area (Å²) in [5.41, 5.74) is 0.465. The lowest BCUT2D eigenvalue weighted by Gasteiger charge is -2.47. The van der Waals surface area contributed by atoms with Crippen LogP contribution in [0.5, 0.6) is 0 Å². The summed E-state index contributed by atoms with van der Waals surface area (Å²) in [6, 6.07) is 13.4. The zero-order valence-electron chi connectivity index (χ0n) is 26.6. The minimum Gasteiger partial charge on any atom is -0.451 e. The molecule has 2 fully saturated rings. The molecule has 1 saturated heterocycles. The SMILES string of the molecule is CC(C)(C)NC(=O)C1(C2CCCCC2)CCN(CC[C@H](Cc2ccc(Cl)cc2)NC(=O)c2cc(=O)c3cc(Cl)ccc3o2)CC1. The minimum absolute atomic E-state index is 0.0315. The molecule has 2 heterocycles. The standard InChI is InChI=1S/C36H45Cl2N3O4/c1-35(2,3)40-34(44)36(25-7-5-4-6-8-25)16-19-41(20-17-36)18-15-28(21-24-9-11-26(37)12-10-24)39-33(43)32-23-30(42)29-22-27(38)13-14-31(29)45-32/h9-14,22-23,25,28H,4-8,15-21H2,1-3H3,(H,39,43)(H,40,44)/t28-/m1/s1. The van der Waals surface area contributed by atoms with Gasteiger partial charge in [-0.05, 0) is 114 Å². The predicted molar refractivity (Wildman–Crippen MR) is 181 cm³/mol. The maximum atomic E-state index is 13.8. The summed E-state index contributed by atoms with van der Waals surface area (Å²) in [5, 5.41) is 7.88. The number of piperidine rings is 1. The number of likely N-dealkylation sites (tertiary alicyclic amines) is 1. The molecule has 5 rings (SSSR count). The van der Waals surface area contributed by atoms with Crippen molar-refractivity contribution in [3.05, 3.63) is 80.1 Å². The molecule has 1 aromatic heterocycles. The molecule has 0 radical (unpaired) electrons. The van der Waals surface area contributed by atoms with E-state index >= 15 is 0 Å². The third-order valence-corrected chi connectivity index (χ3v) is 10.0. The second-order valence-corrected chi connectivity index (χ2v) is 14.8. The highest BCUT2D eigenvalue weighted by Crippen LogP contribution is 2.46. The van der Waals surface area contributed by atoms with Crippen molar-refractivity contribution in [1.29, 1.82) is 0 Å². The Bertz CT molecular complexity index is 1550. The molecule has 1 atom stereocenters. The van der Waals surface area contributed by atoms with Crippen molar-refractivity contribution in [1.82, 2.24) is 15.5 Å². The van der Waals surface area contributed by atoms with Crippen LogP contribution >= 0.6 is 23.2 Å². The first-order chi connectivity index (χ1) is 21.4. The van der Waals surface area contributed by atoms with Crippen LogP contribution in [0.4, 0.5) is 0 Å². The molecule has 9 heteroatoms. The Balaban J connectivity index is 1.28. The number of benzene rings is 2. The van der Waals surface area contributed by atoms with Crippen molar-refractivity contribution in [3.8, 4) is 0 Å². The Morgan fingerprint density at radius 1 is 0.978 bits per heavy atom. The van der Waals surface area contributed by atoms with E-state index in [1.165, 1.54) is 25.3 Å². The third kappa shape index (κ3) is 8.49. The lowest BCUT2D eigenvalue weighted by Crippen LogP contribution is -2.56. The second-order valence-electron chi connectivity index (χ2n) is 13.9. The molecular formula is C36H45Cl2N3O4. The van der Waals surface area contributed by atoms with E-state index in [1.807, 2.05) is 24.3 Å². The Hall–Kier alpha value is -2.87. The lowest BCUT2D eigenvalue weighted by molar-refractivity contribution is -0.141. The number of hydrogen-bond donors (Lipinski definition) is 2. The van der Waals surface area contributed by atoms with Gasteiger partial charge in [-0.2, -0.15) is 0 Å². The van der Waals surface area contributed by atoms with Gasteiger partial charge in [0.1, 0.15) is 5.58 Å². The van der Waals surface area contributed by atoms with E-state index in [1.54, 1.807) is 18.2 Å². The van der Waals surface area contributed by atoms with Gasteiger partial charge in [-0.15, -0.1) is 0 Å². The summed E-state index contributed by atoms with van der Waals surface area (Å²) in [5.74, 6) is 0.182. The third-order valence-electron chi connectivity index (χ3n) is 9.51. The summed E-state index contributed by atoms with van der Waals surface area (Å²) >= 11 is 12.2. The summed E-state index contributed by atoms with van der Waals surface area (Å²) in [7, 11) is 0. The molecule has 0 bridgehead atoms. The summed E-state index contributed by atoms with van der Waals surface area (Å²) in [6.07, 6.45) is 8.93. The number of nitrogens with zero attached hydrogens (tertiary/aromatic N) is 1. The van der Waals surface area contributed by atoms with Crippen molar-refractivity contribution in [2.45, 2.75) is 90.1 Å². The van der Waals surface area contributed by atoms with E-state index in [4.69, 9.17) is 27.6 Å². The van der Waals surface area contributed by atoms with Crippen LogP contribution in [0.2, 0.25) is 10.0 Å². The Morgan fingerprint density at radius 2 is 1.64 bits per heavy atom. The minimum atomic E-state index is -0.434. The zero-order valence-corrected chi connectivity index (χ0v) is 28.1. The number of halogens is 2. The van der Waals surface area contributed by atoms with E-state index in [2.05, 4.69) is 36.3 Å². The van der Waals surface area contributed by atoms with Gasteiger partial charge in [0.05, 0.1) is 10.8 Å². The maximum absolute atomic E-state index is 13.8. The highest BCUT2D eigenvalue weighted by molar-refractivity contribution is 6.31. The van der Waals surface area contributed by atoms with Crippen LogP contribution < -0.4 is 16.1 Å². The highest BCUT2D eigenvalue weighted by Gasteiger charge is 2.48. The van der Waals surface area contributed by atoms with Gasteiger partial charge in [-0.1, -0.05) is 54.6 Å². The monoisotopic (exact) mass is 653 g/mol. The smallest absolute Gasteiger partial charge is 0.287 e. The summed E-state index contributed by atoms with van der Waals surface area (Å²) in [6.45, 7) is 8.64. The molecule has 2 N–H and O–H groups in total. The van der Waals surface area contributed by atoms with Gasteiger partial charge >= 0.3 is 0 Å². The Kier molecular flexibility index (Phi) is 10.6. The van der Waals surface area contributed by atoms with E-state index in [9.17, 15) is 14.4 Å². The fraction of sp³-hybridized carbons (Fsp3) is 0.528. The first kappa shape index (κ1) is 33.5. The molecule has 1 aliphatic heterocycles. The van der Waals surface area contributed by atoms with Crippen LogP contribution in [0.15, 0.2) is 57.7 Å². The topological polar surface area (TPSA) is 91.7 Å². The Morgan fingerprint density at radius 3 is 2.31 bits per heavy atom. The molecule has 3 aromatic rings. The van der Waals surface area contributed by atoms with Gasteiger partial charge in [0.25, 0.3) is 5.91 Å². The van der Waals surface area contributed by atoms with Gasteiger partial charge in [0, 0.05) is 34.2 Å². The molecular weight excluding hydrogens is 609 g/mol. The van der Waals surface area contributed by atoms with Crippen LogP contribution in [0.25, 0.3) is 11.0 Å². The highest BCUT2D eigenvalue weighted by atomic mass is 35.5. The number of carbonyl (C=O) groups excluding carboxylic acids is 2. The molecule has 2 aliphatic rings.